The van der Waals surface area contributed by atoms with Gasteiger partial charge in [0.2, 0.25) is 0 Å². The van der Waals surface area contributed by atoms with Gasteiger partial charge in [0.1, 0.15) is 5.56 Å². The molecule has 0 saturated heterocycles. The van der Waals surface area contributed by atoms with Crippen LogP contribution in [-0.2, 0) is 6.54 Å². The van der Waals surface area contributed by atoms with E-state index in [1.807, 2.05) is 0 Å². The van der Waals surface area contributed by atoms with E-state index < -0.39 is 36.2 Å². The maximum Gasteiger partial charge on any atom is 0.390 e. The second kappa shape index (κ2) is 4.60. The molecule has 0 aromatic carbocycles. The monoisotopic (exact) mass is 249 g/mol. The molecule has 0 spiro atoms. The predicted molar refractivity (Wildman–Crippen MR) is 53.1 cm³/mol. The summed E-state index contributed by atoms with van der Waals surface area (Å²) in [5, 5.41) is 8.67. The highest BCUT2D eigenvalue weighted by Gasteiger charge is 2.27. The number of aromatic carboxylic acids is 1. The van der Waals surface area contributed by atoms with Crippen LogP contribution in [0.3, 0.4) is 0 Å². The summed E-state index contributed by atoms with van der Waals surface area (Å²) in [6.07, 6.45) is -5.55. The van der Waals surface area contributed by atoms with Gasteiger partial charge in [0.05, 0.1) is 6.42 Å². The van der Waals surface area contributed by atoms with Crippen LogP contribution in [0.2, 0.25) is 0 Å². The summed E-state index contributed by atoms with van der Waals surface area (Å²) in [6.45, 7) is 0.874. The Morgan fingerprint density at radius 1 is 1.41 bits per heavy atom. The van der Waals surface area contributed by atoms with Crippen LogP contribution in [0, 0.1) is 6.92 Å². The molecule has 0 atom stereocenters. The van der Waals surface area contributed by atoms with Crippen molar-refractivity contribution in [3.05, 3.63) is 33.7 Å². The largest absolute Gasteiger partial charge is 0.477 e. The van der Waals surface area contributed by atoms with Gasteiger partial charge < -0.3 is 9.67 Å². The van der Waals surface area contributed by atoms with E-state index >= 15 is 0 Å². The van der Waals surface area contributed by atoms with Crippen LogP contribution in [0.4, 0.5) is 13.2 Å². The number of alkyl halides is 3. The van der Waals surface area contributed by atoms with E-state index in [1.54, 1.807) is 0 Å². The quantitative estimate of drug-likeness (QED) is 0.888. The molecule has 1 heterocycles. The first-order valence-electron chi connectivity index (χ1n) is 4.73. The van der Waals surface area contributed by atoms with E-state index in [1.165, 1.54) is 13.0 Å². The predicted octanol–water partition coefficient (Wildman–Crippen LogP) is 1.81. The molecule has 0 aliphatic carbocycles. The lowest BCUT2D eigenvalue weighted by Gasteiger charge is -2.12. The smallest absolute Gasteiger partial charge is 0.390 e. The van der Waals surface area contributed by atoms with Gasteiger partial charge in [0, 0.05) is 12.2 Å². The van der Waals surface area contributed by atoms with E-state index in [-0.39, 0.29) is 0 Å². The third-order valence-corrected chi connectivity index (χ3v) is 2.24. The summed E-state index contributed by atoms with van der Waals surface area (Å²) in [5.74, 6) is -1.45. The van der Waals surface area contributed by atoms with Crippen molar-refractivity contribution in [3.63, 3.8) is 0 Å². The minimum Gasteiger partial charge on any atom is -0.477 e. The van der Waals surface area contributed by atoms with E-state index in [0.717, 1.165) is 10.6 Å². The van der Waals surface area contributed by atoms with Gasteiger partial charge in [0.15, 0.2) is 0 Å². The Balaban J connectivity index is 3.11. The highest BCUT2D eigenvalue weighted by Crippen LogP contribution is 2.20. The van der Waals surface area contributed by atoms with Crippen molar-refractivity contribution >= 4 is 5.97 Å². The summed E-state index contributed by atoms with van der Waals surface area (Å²) in [7, 11) is 0. The van der Waals surface area contributed by atoms with E-state index in [2.05, 4.69) is 0 Å². The Hall–Kier alpha value is -1.79. The number of aromatic nitrogens is 1. The third-order valence-electron chi connectivity index (χ3n) is 2.24. The van der Waals surface area contributed by atoms with Gasteiger partial charge in [-0.25, -0.2) is 4.79 Å². The van der Waals surface area contributed by atoms with Crippen molar-refractivity contribution in [3.8, 4) is 0 Å². The molecule has 17 heavy (non-hydrogen) atoms. The average Bonchev–Trinajstić information content (AvgIpc) is 2.14. The van der Waals surface area contributed by atoms with Crippen molar-refractivity contribution in [1.82, 2.24) is 4.57 Å². The van der Waals surface area contributed by atoms with Crippen molar-refractivity contribution in [2.75, 3.05) is 0 Å². The molecule has 4 nitrogen and oxygen atoms in total. The van der Waals surface area contributed by atoms with Crippen LogP contribution in [0.15, 0.2) is 16.9 Å². The summed E-state index contributed by atoms with van der Waals surface area (Å²) >= 11 is 0. The molecule has 0 aliphatic rings. The Bertz CT molecular complexity index is 491. The lowest BCUT2D eigenvalue weighted by atomic mass is 10.2. The number of hydrogen-bond donors (Lipinski definition) is 1. The second-order valence-electron chi connectivity index (χ2n) is 3.52. The van der Waals surface area contributed by atoms with E-state index in [4.69, 9.17) is 5.11 Å². The molecule has 0 aliphatic heterocycles. The number of aryl methyl sites for hydroxylation is 1. The van der Waals surface area contributed by atoms with Crippen molar-refractivity contribution in [2.45, 2.75) is 26.1 Å². The topological polar surface area (TPSA) is 59.3 Å². The van der Waals surface area contributed by atoms with Gasteiger partial charge in [-0.15, -0.1) is 0 Å². The summed E-state index contributed by atoms with van der Waals surface area (Å²) in [6, 6.07) is 2.39. The summed E-state index contributed by atoms with van der Waals surface area (Å²) in [4.78, 5) is 22.2. The Morgan fingerprint density at radius 2 is 2.00 bits per heavy atom. The number of rotatable bonds is 3. The number of carbonyl (C=O) groups is 1. The molecule has 0 radical (unpaired) electrons. The van der Waals surface area contributed by atoms with Gasteiger partial charge >= 0.3 is 12.1 Å². The van der Waals surface area contributed by atoms with Crippen LogP contribution in [0.1, 0.15) is 22.5 Å². The van der Waals surface area contributed by atoms with Gasteiger partial charge in [-0.05, 0) is 19.1 Å². The van der Waals surface area contributed by atoms with Crippen LogP contribution >= 0.6 is 0 Å². The minimum absolute atomic E-state index is 0.296. The highest BCUT2D eigenvalue weighted by atomic mass is 19.4. The molecule has 1 N–H and O–H groups in total. The fourth-order valence-corrected chi connectivity index (χ4v) is 1.35. The molecule has 1 aromatic heterocycles. The molecule has 1 aromatic rings. The lowest BCUT2D eigenvalue weighted by Crippen LogP contribution is -2.29. The highest BCUT2D eigenvalue weighted by molar-refractivity contribution is 5.87. The Kier molecular flexibility index (Phi) is 3.59. The number of hydrogen-bond acceptors (Lipinski definition) is 2. The normalized spacial score (nSPS) is 11.5. The Morgan fingerprint density at radius 3 is 2.47 bits per heavy atom. The van der Waals surface area contributed by atoms with Gasteiger partial charge in [-0.1, -0.05) is 0 Å². The lowest BCUT2D eigenvalue weighted by molar-refractivity contribution is -0.136. The number of carboxylic acids is 1. The molecule has 0 fully saturated rings. The van der Waals surface area contributed by atoms with Crippen LogP contribution in [-0.4, -0.2) is 21.8 Å². The second-order valence-corrected chi connectivity index (χ2v) is 3.52. The van der Waals surface area contributed by atoms with Crippen molar-refractivity contribution < 1.29 is 23.1 Å². The fourth-order valence-electron chi connectivity index (χ4n) is 1.35. The molecule has 0 amide bonds. The number of halogens is 3. The zero-order valence-corrected chi connectivity index (χ0v) is 8.91. The van der Waals surface area contributed by atoms with Crippen LogP contribution < -0.4 is 5.56 Å². The Labute approximate surface area is 94.3 Å². The van der Waals surface area contributed by atoms with Crippen molar-refractivity contribution in [2.24, 2.45) is 0 Å². The first kappa shape index (κ1) is 13.3. The standard InChI is InChI=1S/C10H10F3NO3/c1-6-2-3-7(9(16)17)8(15)14(6)5-4-10(11,12)13/h2-3H,4-5H2,1H3,(H,16,17). The van der Waals surface area contributed by atoms with Gasteiger partial charge in [-0.3, -0.25) is 4.79 Å². The SMILES string of the molecule is Cc1ccc(C(=O)O)c(=O)n1CCC(F)(F)F. The minimum atomic E-state index is -4.38. The van der Waals surface area contributed by atoms with E-state index in [9.17, 15) is 22.8 Å². The van der Waals surface area contributed by atoms with Gasteiger partial charge in [-0.2, -0.15) is 13.2 Å². The summed E-state index contributed by atoms with van der Waals surface area (Å²) in [5.41, 5.74) is -1.15. The number of pyridine rings is 1. The summed E-state index contributed by atoms with van der Waals surface area (Å²) < 4.78 is 36.9. The molecule has 0 bridgehead atoms. The zero-order chi connectivity index (χ0) is 13.2. The maximum absolute atomic E-state index is 12.0. The number of carboxylic acid groups (broad SMARTS) is 1. The first-order chi connectivity index (χ1) is 7.72. The van der Waals surface area contributed by atoms with Gasteiger partial charge in [0.25, 0.3) is 5.56 Å². The maximum atomic E-state index is 12.0. The molecular formula is C10H10F3NO3. The zero-order valence-electron chi connectivity index (χ0n) is 8.91. The number of nitrogens with zero attached hydrogens (tertiary/aromatic N) is 1. The molecule has 94 valence electrons. The molecule has 0 unspecified atom stereocenters. The van der Waals surface area contributed by atoms with Crippen LogP contribution in [0.25, 0.3) is 0 Å². The average molecular weight is 249 g/mol. The van der Waals surface area contributed by atoms with Crippen molar-refractivity contribution in [1.29, 1.82) is 0 Å². The van der Waals surface area contributed by atoms with Crippen LogP contribution in [0.5, 0.6) is 0 Å². The molecular weight excluding hydrogens is 239 g/mol. The molecule has 0 saturated carbocycles. The van der Waals surface area contributed by atoms with E-state index in [0.29, 0.717) is 5.69 Å². The first-order valence-corrected chi connectivity index (χ1v) is 4.73. The molecule has 1 rings (SSSR count). The molecule has 7 heteroatoms. The third kappa shape index (κ3) is 3.33. The fraction of sp³-hybridized carbons (Fsp3) is 0.400.